The molecule has 1 saturated heterocycles. The molecule has 1 fully saturated rings. The molecule has 0 aliphatic carbocycles. The smallest absolute Gasteiger partial charge is 0.253 e. The third-order valence-corrected chi connectivity index (χ3v) is 4.46. The van der Waals surface area contributed by atoms with Crippen molar-refractivity contribution < 1.29 is 9.59 Å². The van der Waals surface area contributed by atoms with E-state index in [1.807, 2.05) is 30.3 Å². The fraction of sp³-hybridized carbons (Fsp3) is 0.211. The van der Waals surface area contributed by atoms with Crippen molar-refractivity contribution in [3.8, 4) is 0 Å². The number of amides is 2. The van der Waals surface area contributed by atoms with Crippen molar-refractivity contribution in [2.75, 3.05) is 11.4 Å². The van der Waals surface area contributed by atoms with Gasteiger partial charge in [0.1, 0.15) is 11.7 Å². The Balaban J connectivity index is 1.51. The van der Waals surface area contributed by atoms with E-state index in [-0.39, 0.29) is 11.8 Å². The first-order valence-electron chi connectivity index (χ1n) is 8.32. The number of hydrogen-bond donors (Lipinski definition) is 1. The molecule has 1 aromatic carbocycles. The summed E-state index contributed by atoms with van der Waals surface area (Å²) in [5.74, 6) is -0.307. The standard InChI is InChI=1S/C19H18N4O2/c24-18(14-8-9-17-20-10-12-22(17)13-14)21-16-7-4-11-23(19(16)25)15-5-2-1-3-6-15/h1-3,5-6,8-10,12-13,16H,4,7,11H2,(H,21,24). The zero-order chi connectivity index (χ0) is 17.2. The average molecular weight is 334 g/mol. The van der Waals surface area contributed by atoms with Crippen molar-refractivity contribution in [2.24, 2.45) is 0 Å². The summed E-state index contributed by atoms with van der Waals surface area (Å²) in [6.07, 6.45) is 6.70. The molecule has 126 valence electrons. The van der Waals surface area contributed by atoms with E-state index in [0.29, 0.717) is 18.5 Å². The third kappa shape index (κ3) is 2.98. The van der Waals surface area contributed by atoms with Crippen LogP contribution >= 0.6 is 0 Å². The van der Waals surface area contributed by atoms with Crippen LogP contribution in [-0.2, 0) is 4.79 Å². The van der Waals surface area contributed by atoms with Gasteiger partial charge in [-0.3, -0.25) is 9.59 Å². The average Bonchev–Trinajstić information content (AvgIpc) is 3.12. The number of carbonyl (C=O) groups is 2. The summed E-state index contributed by atoms with van der Waals surface area (Å²) in [6, 6.07) is 12.6. The minimum absolute atomic E-state index is 0.0606. The Morgan fingerprint density at radius 3 is 2.84 bits per heavy atom. The van der Waals surface area contributed by atoms with Gasteiger partial charge in [0.05, 0.1) is 5.56 Å². The molecule has 0 radical (unpaired) electrons. The molecule has 0 spiro atoms. The Morgan fingerprint density at radius 2 is 2.00 bits per heavy atom. The van der Waals surface area contributed by atoms with Gasteiger partial charge in [-0.25, -0.2) is 4.98 Å². The normalized spacial score (nSPS) is 17.7. The van der Waals surface area contributed by atoms with Crippen LogP contribution in [0.4, 0.5) is 5.69 Å². The van der Waals surface area contributed by atoms with Crippen molar-refractivity contribution in [1.82, 2.24) is 14.7 Å². The Kier molecular flexibility index (Phi) is 3.93. The number of nitrogens with one attached hydrogen (secondary N) is 1. The van der Waals surface area contributed by atoms with E-state index in [0.717, 1.165) is 17.8 Å². The highest BCUT2D eigenvalue weighted by atomic mass is 16.2. The molecule has 1 aliphatic rings. The Bertz CT molecular complexity index is 919. The lowest BCUT2D eigenvalue weighted by Gasteiger charge is -2.32. The van der Waals surface area contributed by atoms with Gasteiger partial charge in [-0.05, 0) is 37.1 Å². The van der Waals surface area contributed by atoms with Crippen molar-refractivity contribution in [1.29, 1.82) is 0 Å². The molecule has 6 heteroatoms. The molecule has 3 heterocycles. The molecule has 3 aromatic rings. The summed E-state index contributed by atoms with van der Waals surface area (Å²) in [6.45, 7) is 0.677. The Hall–Kier alpha value is -3.15. The zero-order valence-electron chi connectivity index (χ0n) is 13.6. The minimum atomic E-state index is -0.500. The van der Waals surface area contributed by atoms with E-state index >= 15 is 0 Å². The van der Waals surface area contributed by atoms with E-state index in [4.69, 9.17) is 0 Å². The number of fused-ring (bicyclic) bond motifs is 1. The van der Waals surface area contributed by atoms with Crippen molar-refractivity contribution >= 4 is 23.1 Å². The van der Waals surface area contributed by atoms with E-state index in [2.05, 4.69) is 10.3 Å². The topological polar surface area (TPSA) is 66.7 Å². The van der Waals surface area contributed by atoms with Crippen molar-refractivity contribution in [2.45, 2.75) is 18.9 Å². The summed E-state index contributed by atoms with van der Waals surface area (Å²) < 4.78 is 1.79. The fourth-order valence-electron chi connectivity index (χ4n) is 3.17. The lowest BCUT2D eigenvalue weighted by molar-refractivity contribution is -0.121. The summed E-state index contributed by atoms with van der Waals surface area (Å²) in [5, 5.41) is 2.88. The second kappa shape index (κ2) is 6.39. The molecular formula is C19H18N4O2. The molecule has 0 saturated carbocycles. The number of nitrogens with zero attached hydrogens (tertiary/aromatic N) is 3. The number of imidazole rings is 1. The van der Waals surface area contributed by atoms with Crippen LogP contribution in [0.25, 0.3) is 5.65 Å². The summed E-state index contributed by atoms with van der Waals surface area (Å²) in [7, 11) is 0. The Morgan fingerprint density at radius 1 is 1.16 bits per heavy atom. The van der Waals surface area contributed by atoms with Gasteiger partial charge in [-0.15, -0.1) is 0 Å². The number of anilines is 1. The van der Waals surface area contributed by atoms with Crippen LogP contribution in [0.2, 0.25) is 0 Å². The predicted octanol–water partition coefficient (Wildman–Crippen LogP) is 2.26. The van der Waals surface area contributed by atoms with Crippen LogP contribution in [0.1, 0.15) is 23.2 Å². The van der Waals surface area contributed by atoms with Gasteiger partial charge < -0.3 is 14.6 Å². The molecule has 1 atom stereocenters. The monoisotopic (exact) mass is 334 g/mol. The van der Waals surface area contributed by atoms with E-state index in [1.54, 1.807) is 40.0 Å². The van der Waals surface area contributed by atoms with Crippen LogP contribution < -0.4 is 10.2 Å². The molecular weight excluding hydrogens is 316 g/mol. The molecule has 4 rings (SSSR count). The van der Waals surface area contributed by atoms with Crippen LogP contribution in [0, 0.1) is 0 Å². The molecule has 25 heavy (non-hydrogen) atoms. The van der Waals surface area contributed by atoms with Gasteiger partial charge in [0, 0.05) is 30.8 Å². The summed E-state index contributed by atoms with van der Waals surface area (Å²) in [4.78, 5) is 31.2. The molecule has 2 amide bonds. The molecule has 2 aromatic heterocycles. The first-order chi connectivity index (χ1) is 12.2. The number of aromatic nitrogens is 2. The lowest BCUT2D eigenvalue weighted by atomic mass is 10.0. The van der Waals surface area contributed by atoms with Gasteiger partial charge in [0.15, 0.2) is 0 Å². The van der Waals surface area contributed by atoms with Gasteiger partial charge in [0.2, 0.25) is 5.91 Å². The van der Waals surface area contributed by atoms with Crippen LogP contribution in [0.15, 0.2) is 61.1 Å². The summed E-state index contributed by atoms with van der Waals surface area (Å²) in [5.41, 5.74) is 2.15. The molecule has 1 unspecified atom stereocenters. The molecule has 0 bridgehead atoms. The predicted molar refractivity (Wildman–Crippen MR) is 94.5 cm³/mol. The van der Waals surface area contributed by atoms with Gasteiger partial charge >= 0.3 is 0 Å². The van der Waals surface area contributed by atoms with Gasteiger partial charge in [-0.1, -0.05) is 18.2 Å². The second-order valence-electron chi connectivity index (χ2n) is 6.10. The SMILES string of the molecule is O=C(NC1CCCN(c2ccccc2)C1=O)c1ccc2nccn2c1. The fourth-order valence-corrected chi connectivity index (χ4v) is 3.17. The first kappa shape index (κ1) is 15.4. The number of carbonyl (C=O) groups excluding carboxylic acids is 2. The largest absolute Gasteiger partial charge is 0.340 e. The van der Waals surface area contributed by atoms with Gasteiger partial charge in [-0.2, -0.15) is 0 Å². The maximum atomic E-state index is 12.8. The van der Waals surface area contributed by atoms with Crippen LogP contribution in [0.5, 0.6) is 0 Å². The quantitative estimate of drug-likeness (QED) is 0.799. The number of rotatable bonds is 3. The maximum Gasteiger partial charge on any atom is 0.253 e. The molecule has 1 N–H and O–H groups in total. The van der Waals surface area contributed by atoms with Crippen LogP contribution in [0.3, 0.4) is 0 Å². The van der Waals surface area contributed by atoms with E-state index < -0.39 is 6.04 Å². The number of piperidine rings is 1. The van der Waals surface area contributed by atoms with Crippen LogP contribution in [-0.4, -0.2) is 33.8 Å². The lowest BCUT2D eigenvalue weighted by Crippen LogP contribution is -2.52. The summed E-state index contributed by atoms with van der Waals surface area (Å²) >= 11 is 0. The highest BCUT2D eigenvalue weighted by molar-refractivity contribution is 6.02. The van der Waals surface area contributed by atoms with E-state index in [1.165, 1.54) is 0 Å². The maximum absolute atomic E-state index is 12.8. The van der Waals surface area contributed by atoms with Crippen molar-refractivity contribution in [3.63, 3.8) is 0 Å². The number of para-hydroxylation sites is 1. The minimum Gasteiger partial charge on any atom is -0.340 e. The van der Waals surface area contributed by atoms with Crippen molar-refractivity contribution in [3.05, 3.63) is 66.6 Å². The number of pyridine rings is 1. The first-order valence-corrected chi connectivity index (χ1v) is 8.32. The highest BCUT2D eigenvalue weighted by Crippen LogP contribution is 2.21. The highest BCUT2D eigenvalue weighted by Gasteiger charge is 2.30. The zero-order valence-corrected chi connectivity index (χ0v) is 13.6. The number of hydrogen-bond acceptors (Lipinski definition) is 3. The number of benzene rings is 1. The Labute approximate surface area is 145 Å². The second-order valence-corrected chi connectivity index (χ2v) is 6.10. The van der Waals surface area contributed by atoms with E-state index in [9.17, 15) is 9.59 Å². The third-order valence-electron chi connectivity index (χ3n) is 4.46. The molecule has 6 nitrogen and oxygen atoms in total. The molecule has 1 aliphatic heterocycles. The van der Waals surface area contributed by atoms with Gasteiger partial charge in [0.25, 0.3) is 5.91 Å².